The van der Waals surface area contributed by atoms with Crippen LogP contribution in [0.15, 0.2) is 51.9 Å². The fourth-order valence-corrected chi connectivity index (χ4v) is 2.08. The Kier molecular flexibility index (Phi) is 3.76. The molecule has 1 N–H and O–H groups in total. The first kappa shape index (κ1) is 14.7. The molecule has 7 nitrogen and oxygen atoms in total. The van der Waals surface area contributed by atoms with E-state index in [-0.39, 0.29) is 11.5 Å². The van der Waals surface area contributed by atoms with E-state index in [9.17, 15) is 9.59 Å². The number of benzene rings is 1. The van der Waals surface area contributed by atoms with Gasteiger partial charge in [0, 0.05) is 43.0 Å². The van der Waals surface area contributed by atoms with Gasteiger partial charge in [-0.2, -0.15) is 4.98 Å². The molecule has 2 aromatic heterocycles. The summed E-state index contributed by atoms with van der Waals surface area (Å²) in [5, 5.41) is 6.62. The summed E-state index contributed by atoms with van der Waals surface area (Å²) < 4.78 is 6.71. The van der Waals surface area contributed by atoms with Crippen LogP contribution in [0.25, 0.3) is 22.8 Å². The first-order valence-electron chi connectivity index (χ1n) is 6.92. The summed E-state index contributed by atoms with van der Waals surface area (Å²) in [6, 6.07) is 10.2. The van der Waals surface area contributed by atoms with Gasteiger partial charge in [-0.3, -0.25) is 9.59 Å². The Bertz CT molecular complexity index is 910. The molecule has 0 fully saturated rings. The van der Waals surface area contributed by atoms with Gasteiger partial charge in [-0.15, -0.1) is 0 Å². The first-order chi connectivity index (χ1) is 11.0. The van der Waals surface area contributed by atoms with E-state index in [1.54, 1.807) is 43.6 Å². The fraction of sp³-hybridized carbons (Fsp3) is 0.125. The number of amides is 1. The minimum atomic E-state index is -0.132. The Morgan fingerprint density at radius 1 is 1.13 bits per heavy atom. The molecule has 2 heterocycles. The third-order valence-corrected chi connectivity index (χ3v) is 3.22. The van der Waals surface area contributed by atoms with Gasteiger partial charge in [0.1, 0.15) is 0 Å². The minimum Gasteiger partial charge on any atom is -0.334 e. The predicted molar refractivity (Wildman–Crippen MR) is 84.7 cm³/mol. The lowest BCUT2D eigenvalue weighted by Crippen LogP contribution is -2.14. The second-order valence-electron chi connectivity index (χ2n) is 5.05. The van der Waals surface area contributed by atoms with Crippen molar-refractivity contribution in [3.63, 3.8) is 0 Å². The number of hydrogen-bond donors (Lipinski definition) is 1. The second-order valence-corrected chi connectivity index (χ2v) is 5.05. The van der Waals surface area contributed by atoms with Crippen LogP contribution in [0.1, 0.15) is 6.92 Å². The molecule has 0 bridgehead atoms. The quantitative estimate of drug-likeness (QED) is 0.799. The van der Waals surface area contributed by atoms with Crippen LogP contribution >= 0.6 is 0 Å². The number of nitrogens with one attached hydrogen (secondary N) is 1. The molecule has 0 aliphatic heterocycles. The Morgan fingerprint density at radius 3 is 2.48 bits per heavy atom. The predicted octanol–water partition coefficient (Wildman–Crippen LogP) is 2.06. The average molecular weight is 310 g/mol. The van der Waals surface area contributed by atoms with Crippen LogP contribution in [0.3, 0.4) is 0 Å². The third kappa shape index (κ3) is 3.18. The molecule has 0 saturated heterocycles. The first-order valence-corrected chi connectivity index (χ1v) is 6.92. The van der Waals surface area contributed by atoms with E-state index in [2.05, 4.69) is 15.5 Å². The van der Waals surface area contributed by atoms with Crippen molar-refractivity contribution in [1.82, 2.24) is 14.7 Å². The number of anilines is 1. The number of hydrogen-bond acceptors (Lipinski definition) is 5. The topological polar surface area (TPSA) is 90.0 Å². The van der Waals surface area contributed by atoms with Crippen LogP contribution < -0.4 is 10.9 Å². The molecular formula is C16H14N4O3. The molecular weight excluding hydrogens is 296 g/mol. The zero-order chi connectivity index (χ0) is 16.4. The van der Waals surface area contributed by atoms with Gasteiger partial charge in [0.15, 0.2) is 0 Å². The molecule has 0 unspecified atom stereocenters. The number of carbonyl (C=O) groups excluding carboxylic acids is 1. The van der Waals surface area contributed by atoms with Gasteiger partial charge in [-0.05, 0) is 30.3 Å². The number of carbonyl (C=O) groups is 1. The van der Waals surface area contributed by atoms with Gasteiger partial charge in [0.25, 0.3) is 5.89 Å². The summed E-state index contributed by atoms with van der Waals surface area (Å²) >= 11 is 0. The largest absolute Gasteiger partial charge is 0.334 e. The Labute approximate surface area is 131 Å². The van der Waals surface area contributed by atoms with E-state index in [4.69, 9.17) is 4.52 Å². The van der Waals surface area contributed by atoms with Crippen molar-refractivity contribution in [2.75, 3.05) is 5.32 Å². The lowest BCUT2D eigenvalue weighted by molar-refractivity contribution is -0.114. The summed E-state index contributed by atoms with van der Waals surface area (Å²) in [6.45, 7) is 1.45. The molecule has 116 valence electrons. The Morgan fingerprint density at radius 2 is 1.83 bits per heavy atom. The highest BCUT2D eigenvalue weighted by molar-refractivity contribution is 5.88. The number of pyridine rings is 1. The van der Waals surface area contributed by atoms with Crippen molar-refractivity contribution >= 4 is 11.6 Å². The van der Waals surface area contributed by atoms with Gasteiger partial charge in [-0.1, -0.05) is 5.16 Å². The van der Waals surface area contributed by atoms with E-state index in [0.717, 1.165) is 5.56 Å². The molecule has 3 aromatic rings. The van der Waals surface area contributed by atoms with Crippen LogP contribution in [0, 0.1) is 0 Å². The number of nitrogens with zero attached hydrogens (tertiary/aromatic N) is 3. The van der Waals surface area contributed by atoms with Crippen LogP contribution in [0.4, 0.5) is 5.69 Å². The molecule has 23 heavy (non-hydrogen) atoms. The minimum absolute atomic E-state index is 0.106. The van der Waals surface area contributed by atoms with Crippen LogP contribution in [0.2, 0.25) is 0 Å². The van der Waals surface area contributed by atoms with E-state index in [1.807, 2.05) is 0 Å². The fourth-order valence-electron chi connectivity index (χ4n) is 2.08. The maximum absolute atomic E-state index is 11.4. The molecule has 1 amide bonds. The molecule has 0 radical (unpaired) electrons. The van der Waals surface area contributed by atoms with Crippen molar-refractivity contribution in [3.05, 3.63) is 52.9 Å². The maximum Gasteiger partial charge on any atom is 0.258 e. The SMILES string of the molecule is CC(=O)Nc1ccc(-c2nc(-c3ccc(=O)n(C)c3)no2)cc1. The van der Waals surface area contributed by atoms with Gasteiger partial charge in [0.2, 0.25) is 17.3 Å². The van der Waals surface area contributed by atoms with E-state index in [1.165, 1.54) is 17.6 Å². The lowest BCUT2D eigenvalue weighted by Gasteiger charge is -2.01. The zero-order valence-corrected chi connectivity index (χ0v) is 12.6. The summed E-state index contributed by atoms with van der Waals surface area (Å²) in [5.74, 6) is 0.636. The van der Waals surface area contributed by atoms with Gasteiger partial charge in [-0.25, -0.2) is 0 Å². The van der Waals surface area contributed by atoms with Crippen molar-refractivity contribution < 1.29 is 9.32 Å². The molecule has 3 rings (SSSR count). The van der Waals surface area contributed by atoms with Crippen molar-refractivity contribution in [3.8, 4) is 22.8 Å². The Hall–Kier alpha value is -3.22. The lowest BCUT2D eigenvalue weighted by atomic mass is 10.2. The number of aromatic nitrogens is 3. The van der Waals surface area contributed by atoms with Gasteiger partial charge < -0.3 is 14.4 Å². The van der Waals surface area contributed by atoms with E-state index < -0.39 is 0 Å². The summed E-state index contributed by atoms with van der Waals surface area (Å²) in [5.41, 5.74) is 2.02. The molecule has 0 atom stereocenters. The van der Waals surface area contributed by atoms with Gasteiger partial charge >= 0.3 is 0 Å². The van der Waals surface area contributed by atoms with Crippen molar-refractivity contribution in [2.45, 2.75) is 6.92 Å². The smallest absolute Gasteiger partial charge is 0.258 e. The molecule has 0 saturated carbocycles. The zero-order valence-electron chi connectivity index (χ0n) is 12.6. The summed E-state index contributed by atoms with van der Waals surface area (Å²) in [6.07, 6.45) is 1.65. The van der Waals surface area contributed by atoms with Crippen molar-refractivity contribution in [2.24, 2.45) is 7.05 Å². The highest BCUT2D eigenvalue weighted by Gasteiger charge is 2.11. The number of aryl methyl sites for hydroxylation is 1. The highest BCUT2D eigenvalue weighted by atomic mass is 16.5. The third-order valence-electron chi connectivity index (χ3n) is 3.22. The van der Waals surface area contributed by atoms with E-state index >= 15 is 0 Å². The van der Waals surface area contributed by atoms with Gasteiger partial charge in [0.05, 0.1) is 0 Å². The second kappa shape index (κ2) is 5.88. The maximum atomic E-state index is 11.4. The Balaban J connectivity index is 1.87. The van der Waals surface area contributed by atoms with Crippen LogP contribution in [-0.4, -0.2) is 20.6 Å². The molecule has 1 aromatic carbocycles. The molecule has 0 aliphatic carbocycles. The van der Waals surface area contributed by atoms with Crippen molar-refractivity contribution in [1.29, 1.82) is 0 Å². The summed E-state index contributed by atoms with van der Waals surface area (Å²) in [4.78, 5) is 26.7. The van der Waals surface area contributed by atoms with Crippen LogP contribution in [0.5, 0.6) is 0 Å². The normalized spacial score (nSPS) is 10.5. The highest BCUT2D eigenvalue weighted by Crippen LogP contribution is 2.23. The molecule has 0 spiro atoms. The molecule has 0 aliphatic rings. The van der Waals surface area contributed by atoms with Crippen LogP contribution in [-0.2, 0) is 11.8 Å². The molecule has 7 heteroatoms. The number of rotatable bonds is 3. The standard InChI is InChI=1S/C16H14N4O3/c1-10(21)17-13-6-3-11(4-7-13)16-18-15(19-23-16)12-5-8-14(22)20(2)9-12/h3-9H,1-2H3,(H,17,21). The van der Waals surface area contributed by atoms with E-state index in [0.29, 0.717) is 23.0 Å². The average Bonchev–Trinajstić information content (AvgIpc) is 3.00. The monoisotopic (exact) mass is 310 g/mol. The summed E-state index contributed by atoms with van der Waals surface area (Å²) in [7, 11) is 1.66.